The molecule has 0 bridgehead atoms. The maximum atomic E-state index is 12.8. The first-order chi connectivity index (χ1) is 11.3. The molecule has 8 nitrogen and oxygen atoms in total. The van der Waals surface area contributed by atoms with Crippen LogP contribution >= 0.6 is 0 Å². The maximum absolute atomic E-state index is 12.8. The van der Waals surface area contributed by atoms with E-state index in [2.05, 4.69) is 10.5 Å². The zero-order valence-electron chi connectivity index (χ0n) is 14.7. The molecule has 136 valence electrons. The topological polar surface area (TPSA) is 95.8 Å². The fourth-order valence-corrected chi connectivity index (χ4v) is 4.58. The molecule has 1 N–H and O–H groups in total. The van der Waals surface area contributed by atoms with Crippen LogP contribution in [0.4, 0.5) is 0 Å². The van der Waals surface area contributed by atoms with Gasteiger partial charge in [0.1, 0.15) is 10.6 Å². The highest BCUT2D eigenvalue weighted by atomic mass is 32.2. The number of amides is 1. The minimum Gasteiger partial charge on any atom is -0.360 e. The van der Waals surface area contributed by atoms with Crippen molar-refractivity contribution in [1.82, 2.24) is 19.7 Å². The molecule has 1 unspecified atom stereocenters. The molecule has 0 saturated carbocycles. The van der Waals surface area contributed by atoms with Gasteiger partial charge in [0.2, 0.25) is 15.9 Å². The summed E-state index contributed by atoms with van der Waals surface area (Å²) in [6.07, 6.45) is 0.891. The van der Waals surface area contributed by atoms with E-state index in [1.54, 1.807) is 13.8 Å². The molecule has 0 aromatic carbocycles. The van der Waals surface area contributed by atoms with Gasteiger partial charge in [0, 0.05) is 32.7 Å². The van der Waals surface area contributed by atoms with Crippen molar-refractivity contribution in [3.8, 4) is 0 Å². The third kappa shape index (κ3) is 3.79. The molecule has 1 aromatic heterocycles. The summed E-state index contributed by atoms with van der Waals surface area (Å²) in [4.78, 5) is 14.2. The molecule has 1 fully saturated rings. The van der Waals surface area contributed by atoms with Crippen LogP contribution in [0.1, 0.15) is 31.7 Å². The summed E-state index contributed by atoms with van der Waals surface area (Å²) in [5, 5.41) is 6.60. The SMILES string of the molecule is CCCNC(=O)C(C)N1CCN(S(=O)(=O)c2c(C)noc2C)CC1. The Balaban J connectivity index is 2.01. The lowest BCUT2D eigenvalue weighted by Gasteiger charge is -2.36. The van der Waals surface area contributed by atoms with Gasteiger partial charge in [-0.3, -0.25) is 9.69 Å². The summed E-state index contributed by atoms with van der Waals surface area (Å²) in [6, 6.07) is -0.263. The first kappa shape index (κ1) is 18.9. The van der Waals surface area contributed by atoms with Crippen molar-refractivity contribution in [3.63, 3.8) is 0 Å². The molecule has 9 heteroatoms. The third-order valence-electron chi connectivity index (χ3n) is 4.32. The van der Waals surface area contributed by atoms with Crippen LogP contribution in [0.15, 0.2) is 9.42 Å². The van der Waals surface area contributed by atoms with Crippen LogP contribution in [0.5, 0.6) is 0 Å². The third-order valence-corrected chi connectivity index (χ3v) is 6.46. The van der Waals surface area contributed by atoms with Crippen LogP contribution in [-0.4, -0.2) is 67.5 Å². The number of aryl methyl sites for hydroxylation is 2. The van der Waals surface area contributed by atoms with Crippen LogP contribution < -0.4 is 5.32 Å². The molecule has 1 atom stereocenters. The normalized spacial score (nSPS) is 18.5. The average molecular weight is 358 g/mol. The molecule has 24 heavy (non-hydrogen) atoms. The zero-order valence-corrected chi connectivity index (χ0v) is 15.5. The quantitative estimate of drug-likeness (QED) is 0.796. The molecule has 0 aliphatic carbocycles. The molecule has 1 saturated heterocycles. The van der Waals surface area contributed by atoms with Crippen LogP contribution in [-0.2, 0) is 14.8 Å². The van der Waals surface area contributed by atoms with Crippen LogP contribution in [0.2, 0.25) is 0 Å². The van der Waals surface area contributed by atoms with Gasteiger partial charge in [0.25, 0.3) is 0 Å². The maximum Gasteiger partial charge on any atom is 0.248 e. The van der Waals surface area contributed by atoms with Gasteiger partial charge in [-0.25, -0.2) is 8.42 Å². The second-order valence-electron chi connectivity index (χ2n) is 6.06. The van der Waals surface area contributed by atoms with E-state index in [-0.39, 0.29) is 16.8 Å². The first-order valence-electron chi connectivity index (χ1n) is 8.23. The monoisotopic (exact) mass is 358 g/mol. The summed E-state index contributed by atoms with van der Waals surface area (Å²) in [5.74, 6) is 0.293. The van der Waals surface area contributed by atoms with Crippen LogP contribution in [0, 0.1) is 13.8 Å². The first-order valence-corrected chi connectivity index (χ1v) is 9.67. The predicted octanol–water partition coefficient (Wildman–Crippen LogP) is 0.512. The van der Waals surface area contributed by atoms with E-state index in [9.17, 15) is 13.2 Å². The molecule has 0 radical (unpaired) electrons. The van der Waals surface area contributed by atoms with Gasteiger partial charge in [-0.05, 0) is 27.2 Å². The largest absolute Gasteiger partial charge is 0.360 e. The van der Waals surface area contributed by atoms with Gasteiger partial charge in [0.15, 0.2) is 5.76 Å². The number of sulfonamides is 1. The lowest BCUT2D eigenvalue weighted by molar-refractivity contribution is -0.126. The van der Waals surface area contributed by atoms with E-state index in [1.807, 2.05) is 18.7 Å². The van der Waals surface area contributed by atoms with E-state index >= 15 is 0 Å². The highest BCUT2D eigenvalue weighted by Crippen LogP contribution is 2.24. The lowest BCUT2D eigenvalue weighted by atomic mass is 10.2. The Morgan fingerprint density at radius 1 is 1.29 bits per heavy atom. The summed E-state index contributed by atoms with van der Waals surface area (Å²) >= 11 is 0. The summed E-state index contributed by atoms with van der Waals surface area (Å²) in [7, 11) is -3.61. The van der Waals surface area contributed by atoms with Crippen molar-refractivity contribution in [1.29, 1.82) is 0 Å². The van der Waals surface area contributed by atoms with Crippen LogP contribution in [0.3, 0.4) is 0 Å². The Morgan fingerprint density at radius 3 is 2.42 bits per heavy atom. The van der Waals surface area contributed by atoms with Gasteiger partial charge in [-0.2, -0.15) is 4.31 Å². The summed E-state index contributed by atoms with van der Waals surface area (Å²) < 4.78 is 32.0. The van der Waals surface area contributed by atoms with Gasteiger partial charge < -0.3 is 9.84 Å². The zero-order chi connectivity index (χ0) is 17.9. The number of nitrogens with one attached hydrogen (secondary N) is 1. The Bertz CT molecular complexity index is 658. The van der Waals surface area contributed by atoms with Crippen LogP contribution in [0.25, 0.3) is 0 Å². The summed E-state index contributed by atoms with van der Waals surface area (Å²) in [5.41, 5.74) is 0.377. The Labute approximate surface area is 143 Å². The summed E-state index contributed by atoms with van der Waals surface area (Å²) in [6.45, 7) is 9.46. The van der Waals surface area contributed by atoms with Gasteiger partial charge in [-0.1, -0.05) is 12.1 Å². The number of carbonyl (C=O) groups excluding carboxylic acids is 1. The van der Waals surface area contributed by atoms with Crippen molar-refractivity contribution in [2.75, 3.05) is 32.7 Å². The second-order valence-corrected chi connectivity index (χ2v) is 7.94. The molecule has 1 amide bonds. The predicted molar refractivity (Wildman–Crippen MR) is 89.1 cm³/mol. The van der Waals surface area contributed by atoms with E-state index in [1.165, 1.54) is 4.31 Å². The molecule has 1 aliphatic rings. The molecule has 2 heterocycles. The molecule has 2 rings (SSSR count). The fraction of sp³-hybridized carbons (Fsp3) is 0.733. The fourth-order valence-electron chi connectivity index (χ4n) is 2.86. The number of nitrogens with zero attached hydrogens (tertiary/aromatic N) is 3. The minimum absolute atomic E-state index is 0.0149. The van der Waals surface area contributed by atoms with Gasteiger partial charge in [0.05, 0.1) is 6.04 Å². The Kier molecular flexibility index (Phi) is 6.00. The molecule has 0 spiro atoms. The number of carbonyl (C=O) groups is 1. The number of aromatic nitrogens is 1. The smallest absolute Gasteiger partial charge is 0.248 e. The Hall–Kier alpha value is -1.45. The standard InChI is InChI=1S/C15H26N4O4S/c1-5-6-16-15(20)12(3)18-7-9-19(10-8-18)24(21,22)14-11(2)17-23-13(14)4/h12H,5-10H2,1-4H3,(H,16,20). The van der Waals surface area contributed by atoms with Gasteiger partial charge >= 0.3 is 0 Å². The number of hydrogen-bond donors (Lipinski definition) is 1. The minimum atomic E-state index is -3.61. The van der Waals surface area contributed by atoms with E-state index < -0.39 is 10.0 Å². The van der Waals surface area contributed by atoms with Crippen molar-refractivity contribution in [3.05, 3.63) is 11.5 Å². The lowest BCUT2D eigenvalue weighted by Crippen LogP contribution is -2.55. The number of hydrogen-bond acceptors (Lipinski definition) is 6. The molecule has 1 aliphatic heterocycles. The number of piperazine rings is 1. The van der Waals surface area contributed by atoms with Crippen molar-refractivity contribution in [2.24, 2.45) is 0 Å². The van der Waals surface area contributed by atoms with Crippen molar-refractivity contribution in [2.45, 2.75) is 45.1 Å². The molecular formula is C15H26N4O4S. The molecular weight excluding hydrogens is 332 g/mol. The highest BCUT2D eigenvalue weighted by Gasteiger charge is 2.35. The van der Waals surface area contributed by atoms with E-state index in [0.29, 0.717) is 44.2 Å². The molecule has 1 aromatic rings. The highest BCUT2D eigenvalue weighted by molar-refractivity contribution is 7.89. The van der Waals surface area contributed by atoms with Gasteiger partial charge in [-0.15, -0.1) is 0 Å². The Morgan fingerprint density at radius 2 is 1.92 bits per heavy atom. The second kappa shape index (κ2) is 7.62. The average Bonchev–Trinajstić information content (AvgIpc) is 2.91. The van der Waals surface area contributed by atoms with E-state index in [4.69, 9.17) is 4.52 Å². The number of rotatable bonds is 6. The van der Waals surface area contributed by atoms with Crippen molar-refractivity contribution >= 4 is 15.9 Å². The van der Waals surface area contributed by atoms with Crippen molar-refractivity contribution < 1.29 is 17.7 Å². The van der Waals surface area contributed by atoms with E-state index in [0.717, 1.165) is 6.42 Å².